The number of aromatic amines is 4. The fourth-order valence-electron chi connectivity index (χ4n) is 15.8. The van der Waals surface area contributed by atoms with Gasteiger partial charge >= 0.3 is 0 Å². The highest BCUT2D eigenvalue weighted by atomic mass is 127. The van der Waals surface area contributed by atoms with Crippen LogP contribution in [0.25, 0.3) is 54.5 Å². The molecule has 39 nitrogen and oxygen atoms in total. The number of aliphatic hydroxyl groups excluding tert-OH is 2. The zero-order valence-electron chi connectivity index (χ0n) is 73.7. The van der Waals surface area contributed by atoms with Gasteiger partial charge in [0.2, 0.25) is 9.05 Å². The second kappa shape index (κ2) is 48.5. The number of H-pyrrole nitrogens is 4. The first-order chi connectivity index (χ1) is 61.6. The van der Waals surface area contributed by atoms with Gasteiger partial charge in [-0.1, -0.05) is 12.1 Å². The van der Waals surface area contributed by atoms with Crippen LogP contribution in [0.5, 0.6) is 5.75 Å². The van der Waals surface area contributed by atoms with Gasteiger partial charge in [-0.15, -0.1) is 0 Å². The summed E-state index contributed by atoms with van der Waals surface area (Å²) in [5, 5.41) is 70.1. The summed E-state index contributed by atoms with van der Waals surface area (Å²) in [6, 6.07) is 20.1. The zero-order valence-corrected chi connectivity index (χ0v) is 78.2. The highest BCUT2D eigenvalue weighted by molar-refractivity contribution is 14.1. The molecule has 8 aliphatic heterocycles. The van der Waals surface area contributed by atoms with E-state index in [-0.39, 0.29) is 19.8 Å². The van der Waals surface area contributed by atoms with E-state index >= 15 is 0 Å². The number of aromatic nitrogens is 15. The third-order valence-electron chi connectivity index (χ3n) is 22.5. The Hall–Kier alpha value is -9.16. The SMILES string of the molecule is C1CCOC1.CN(CCO)c1n[nH]c2ccnc(NC3CCOCC3)c12.CN(CCOS(C)(=O)=O)c1n[nH]c2ccnc(NC3CCOCC3)c12.CN1CCN(C2CCOCC2)c2nccc3[nH]nc1c23.CNCCO.COc1ccc(Cn2nc3c4c(nccc42)N(C2CCOCC2)CCN3C)cc1.CS(=O)(=O)Cl.Ic1[nH]nc2ccnc(NC3CCOCC3)c12. The Balaban J connectivity index is 0.000000139. The lowest BCUT2D eigenvalue weighted by molar-refractivity contribution is 0.0843. The van der Waals surface area contributed by atoms with Crippen LogP contribution in [0, 0.1) is 3.70 Å². The molecule has 1 aromatic carbocycles. The Morgan fingerprint density at radius 1 is 0.512 bits per heavy atom. The number of hydrogen-bond donors (Lipinski definition) is 10. The molecule has 694 valence electrons. The van der Waals surface area contributed by atoms with Crippen molar-refractivity contribution in [2.45, 2.75) is 114 Å². The van der Waals surface area contributed by atoms with E-state index in [1.807, 2.05) is 72.7 Å². The lowest BCUT2D eigenvalue weighted by Gasteiger charge is -2.35. The summed E-state index contributed by atoms with van der Waals surface area (Å²) in [7, 11) is 9.33. The largest absolute Gasteiger partial charge is 0.497 e. The number of ether oxygens (including phenoxy) is 7. The Morgan fingerprint density at radius 2 is 0.945 bits per heavy atom. The summed E-state index contributed by atoms with van der Waals surface area (Å²) in [6.45, 7) is 16.7. The number of halogens is 2. The van der Waals surface area contributed by atoms with Crippen LogP contribution in [0.1, 0.15) is 82.6 Å². The van der Waals surface area contributed by atoms with Gasteiger partial charge in [0.25, 0.3) is 10.1 Å². The maximum Gasteiger partial charge on any atom is 0.264 e. The summed E-state index contributed by atoms with van der Waals surface area (Å²) in [4.78, 5) is 36.0. The molecular formula is C84H123ClIN25O14S2. The van der Waals surface area contributed by atoms with E-state index in [4.69, 9.17) is 57.6 Å². The van der Waals surface area contributed by atoms with Crippen molar-refractivity contribution in [3.63, 3.8) is 0 Å². The highest BCUT2D eigenvalue weighted by Crippen LogP contribution is 2.40. The number of nitrogens with one attached hydrogen (secondary N) is 8. The van der Waals surface area contributed by atoms with Gasteiger partial charge in [-0.05, 0) is 155 Å². The van der Waals surface area contributed by atoms with Crippen molar-refractivity contribution < 1.29 is 64.4 Å². The molecule has 10 N–H and O–H groups in total. The van der Waals surface area contributed by atoms with Gasteiger partial charge < -0.3 is 94.0 Å². The van der Waals surface area contributed by atoms with E-state index in [2.05, 4.69) is 172 Å². The first-order valence-corrected chi connectivity index (χ1v) is 48.9. The Labute approximate surface area is 759 Å². The van der Waals surface area contributed by atoms with Crippen LogP contribution in [0.15, 0.2) is 85.6 Å². The Morgan fingerprint density at radius 3 is 1.40 bits per heavy atom. The van der Waals surface area contributed by atoms with E-state index in [0.29, 0.717) is 55.7 Å². The molecule has 0 spiro atoms. The van der Waals surface area contributed by atoms with E-state index in [1.54, 1.807) is 32.7 Å². The molecule has 0 atom stereocenters. The van der Waals surface area contributed by atoms with Crippen molar-refractivity contribution in [3.05, 3.63) is 94.8 Å². The van der Waals surface area contributed by atoms with Gasteiger partial charge in [0.05, 0.1) is 101 Å². The fourth-order valence-corrected chi connectivity index (χ4v) is 16.8. The van der Waals surface area contributed by atoms with Gasteiger partial charge in [0.15, 0.2) is 23.3 Å². The molecule has 6 fully saturated rings. The monoisotopic (exact) mass is 1930 g/mol. The standard InChI is InChI=1S/C22H27N5O2.C15H23N5O4S.C14H21N5O2.C14H19N5O.C11H13IN4O.C4H8O.C3H9NO.CH3ClO2S/c1-25-11-12-26(17-8-13-29-14-9-17)21-20-19(7-10-23-21)27(24-22(20)25)15-16-3-5-18(28-2)6-4-16;1-20(7-10-24-25(2,21)22)15-13-12(18-19-15)3-6-16-14(13)17-11-4-8-23-9-5-11;1-19(6-7-20)14-12-11(17-18-14)2-5-15-13(12)16-10-3-8-21-9-4-10;1-18-6-7-19(10-3-8-20-9-4-10)13-12-11(2-5-15-13)16-17-14(12)18;12-10-9-8(15-16-10)1-4-13-11(9)14-7-2-5-17-6-3-7;1-2-4-5-3-1;1-4-2-3-5;1-5(2,3)4/h3-7,10,17H,8-9,11-15H2,1-2H3;3,6,11H,4-5,7-10H2,1-2H3,(H,16,17)(H,18,19);2,5,10,20H,3-4,6-9H2,1H3,(H,15,16)(H,17,18);2,5,10H,3-4,6-9H2,1H3,(H,16,17);1,4,7H,2-3,5-6H2,(H,13,14)(H,15,16);1-4H2;4-5H,2-3H2,1H3;1H3. The van der Waals surface area contributed by atoms with Crippen molar-refractivity contribution in [2.24, 2.45) is 0 Å². The van der Waals surface area contributed by atoms with Crippen LogP contribution in [-0.2, 0) is 58.3 Å². The Kier molecular flexibility index (Phi) is 37.0. The molecule has 0 bridgehead atoms. The summed E-state index contributed by atoms with van der Waals surface area (Å²) in [5.41, 5.74) is 6.16. The minimum absolute atomic E-state index is 0.0622. The van der Waals surface area contributed by atoms with E-state index < -0.39 is 19.2 Å². The molecule has 10 aromatic heterocycles. The summed E-state index contributed by atoms with van der Waals surface area (Å²) < 4.78 is 86.4. The summed E-state index contributed by atoms with van der Waals surface area (Å²) in [5.74, 6) is 9.08. The minimum atomic E-state index is -3.45. The third-order valence-corrected chi connectivity index (χ3v) is 23.9. The van der Waals surface area contributed by atoms with Crippen molar-refractivity contribution in [3.8, 4) is 5.75 Å². The molecule has 11 aromatic rings. The lowest BCUT2D eigenvalue weighted by Crippen LogP contribution is -2.42. The number of likely N-dealkylation sites (N-methyl/N-ethyl adjacent to an activating group) is 5. The summed E-state index contributed by atoms with van der Waals surface area (Å²) >= 11 is 2.25. The highest BCUT2D eigenvalue weighted by Gasteiger charge is 2.33. The van der Waals surface area contributed by atoms with Gasteiger partial charge in [0.1, 0.15) is 38.5 Å². The first kappa shape index (κ1) is 96.9. The number of methoxy groups -OCH3 is 1. The van der Waals surface area contributed by atoms with E-state index in [0.717, 1.165) is 299 Å². The summed E-state index contributed by atoms with van der Waals surface area (Å²) in [6.07, 6.45) is 23.8. The quantitative estimate of drug-likeness (QED) is 0.0183. The number of hydrogen-bond acceptors (Lipinski definition) is 34. The van der Waals surface area contributed by atoms with Crippen molar-refractivity contribution in [1.82, 2.24) is 80.8 Å². The molecule has 19 rings (SSSR count). The van der Waals surface area contributed by atoms with Crippen LogP contribution in [-0.4, -0.2) is 333 Å². The molecule has 18 heterocycles. The van der Waals surface area contributed by atoms with Gasteiger partial charge in [-0.3, -0.25) is 29.3 Å². The topological polar surface area (TPSA) is 447 Å². The molecule has 0 unspecified atom stereocenters. The molecule has 127 heavy (non-hydrogen) atoms. The molecule has 0 saturated carbocycles. The third kappa shape index (κ3) is 27.7. The fraction of sp³-hybridized carbons (Fsp3) is 0.571. The minimum Gasteiger partial charge on any atom is -0.497 e. The van der Waals surface area contributed by atoms with E-state index in [1.165, 1.54) is 18.4 Å². The van der Waals surface area contributed by atoms with Crippen LogP contribution in [0.3, 0.4) is 0 Å². The van der Waals surface area contributed by atoms with Crippen LogP contribution in [0.4, 0.5) is 52.4 Å². The molecule has 0 amide bonds. The second-order valence-electron chi connectivity index (χ2n) is 31.7. The maximum absolute atomic E-state index is 11.1. The predicted octanol–water partition coefficient (Wildman–Crippen LogP) is 8.59. The van der Waals surface area contributed by atoms with Crippen LogP contribution >= 0.6 is 33.3 Å². The molecule has 43 heteroatoms. The zero-order chi connectivity index (χ0) is 89.7. The molecule has 0 aliphatic carbocycles. The van der Waals surface area contributed by atoms with Gasteiger partial charge in [-0.25, -0.2) is 33.3 Å². The molecule has 8 aliphatic rings. The van der Waals surface area contributed by atoms with Gasteiger partial charge in [0, 0.05) is 225 Å². The second-order valence-corrected chi connectivity index (χ2v) is 37.5. The number of rotatable bonds is 21. The number of benzene rings is 1. The van der Waals surface area contributed by atoms with Gasteiger partial charge in [-0.2, -0.15) is 33.9 Å². The molecule has 0 radical (unpaired) electrons. The van der Waals surface area contributed by atoms with Crippen LogP contribution < -0.4 is 55.4 Å². The Bertz CT molecular complexity index is 5400. The van der Waals surface area contributed by atoms with Crippen molar-refractivity contribution >= 4 is 159 Å². The van der Waals surface area contributed by atoms with Crippen molar-refractivity contribution in [1.29, 1.82) is 0 Å². The number of aliphatic hydroxyl groups is 2. The smallest absolute Gasteiger partial charge is 0.264 e. The number of anilines is 9. The maximum atomic E-state index is 11.1. The predicted molar refractivity (Wildman–Crippen MR) is 505 cm³/mol. The molecule has 6 saturated heterocycles. The van der Waals surface area contributed by atoms with Crippen LogP contribution in [0.2, 0.25) is 0 Å². The van der Waals surface area contributed by atoms with E-state index in [9.17, 15) is 16.8 Å². The average Bonchev–Trinajstić information content (AvgIpc) is 1.60. The lowest BCUT2D eigenvalue weighted by atomic mass is 10.1. The first-order valence-electron chi connectivity index (χ1n) is 43.3. The average molecular weight is 1930 g/mol. The van der Waals surface area contributed by atoms with Crippen molar-refractivity contribution in [2.75, 3.05) is 245 Å². The molecular weight excluding hydrogens is 1810 g/mol. The number of pyridine rings is 5. The normalized spacial score (nSPS) is 17.2. The number of fused-ring (bicyclic) bond motifs is 3. The number of nitrogens with zero attached hydrogens (tertiary/aromatic N) is 17.